The van der Waals surface area contributed by atoms with Crippen LogP contribution in [0.15, 0.2) is 30.3 Å². The zero-order valence-corrected chi connectivity index (χ0v) is 15.7. The molecule has 0 unspecified atom stereocenters. The molecule has 1 saturated heterocycles. The first-order valence-electron chi connectivity index (χ1n) is 7.83. The normalized spacial score (nSPS) is 21.2. The van der Waals surface area contributed by atoms with Crippen molar-refractivity contribution in [3.63, 3.8) is 0 Å². The van der Waals surface area contributed by atoms with Crippen LogP contribution in [0.4, 0.5) is 0 Å². The summed E-state index contributed by atoms with van der Waals surface area (Å²) in [4.78, 5) is 14.3. The molecular weight excluding hydrogens is 330 g/mol. The van der Waals surface area contributed by atoms with E-state index in [1.807, 2.05) is 52.8 Å². The average molecular weight is 355 g/mol. The van der Waals surface area contributed by atoms with E-state index in [9.17, 15) is 4.79 Å². The quantitative estimate of drug-likeness (QED) is 0.778. The predicted octanol–water partition coefficient (Wildman–Crippen LogP) is 3.20. The van der Waals surface area contributed by atoms with Crippen molar-refractivity contribution in [2.75, 3.05) is 6.61 Å². The third kappa shape index (κ3) is 4.74. The van der Waals surface area contributed by atoms with E-state index in [0.717, 1.165) is 4.50 Å². The van der Waals surface area contributed by atoms with E-state index in [2.05, 4.69) is 32.9 Å². The molecule has 1 atom stereocenters. The molecule has 1 heterocycles. The molecular formula is C18H25CrNO3. The second-order valence-electron chi connectivity index (χ2n) is 7.21. The van der Waals surface area contributed by atoms with E-state index in [0.29, 0.717) is 6.61 Å². The van der Waals surface area contributed by atoms with Gasteiger partial charge in [0.1, 0.15) is 0 Å². The Morgan fingerprint density at radius 2 is 1.96 bits per heavy atom. The van der Waals surface area contributed by atoms with Crippen molar-refractivity contribution in [2.24, 2.45) is 0 Å². The Hall–Kier alpha value is -0.988. The van der Waals surface area contributed by atoms with Gasteiger partial charge in [0, 0.05) is 0 Å². The molecule has 0 saturated carbocycles. The molecule has 1 aromatic rings. The molecule has 0 amide bonds. The van der Waals surface area contributed by atoms with Crippen molar-refractivity contribution in [3.8, 4) is 0 Å². The van der Waals surface area contributed by atoms with Gasteiger partial charge in [-0.3, -0.25) is 0 Å². The fourth-order valence-corrected chi connectivity index (χ4v) is 3.51. The number of benzene rings is 1. The summed E-state index contributed by atoms with van der Waals surface area (Å²) in [5.74, 6) is -0.235. The van der Waals surface area contributed by atoms with Crippen LogP contribution in [-0.2, 0) is 30.1 Å². The van der Waals surface area contributed by atoms with Crippen molar-refractivity contribution in [1.82, 2.24) is 4.90 Å². The van der Waals surface area contributed by atoms with Gasteiger partial charge in [-0.05, 0) is 0 Å². The first-order chi connectivity index (χ1) is 10.6. The number of hydrogen-bond donors (Lipinski definition) is 0. The minimum atomic E-state index is -0.479. The fraction of sp³-hybridized carbons (Fsp3) is 0.556. The number of ether oxygens (including phenoxy) is 2. The summed E-state index contributed by atoms with van der Waals surface area (Å²) in [5, 5.41) is 0. The molecule has 0 spiro atoms. The van der Waals surface area contributed by atoms with Gasteiger partial charge in [0.15, 0.2) is 0 Å². The first kappa shape index (κ1) is 18.4. The molecule has 126 valence electrons. The van der Waals surface area contributed by atoms with E-state index < -0.39 is 11.3 Å². The van der Waals surface area contributed by atoms with Gasteiger partial charge in [-0.1, -0.05) is 0 Å². The fourth-order valence-electron chi connectivity index (χ4n) is 2.78. The van der Waals surface area contributed by atoms with Crippen LogP contribution in [0.3, 0.4) is 0 Å². The zero-order chi connectivity index (χ0) is 17.3. The Kier molecular flexibility index (Phi) is 5.48. The molecule has 4 nitrogen and oxygen atoms in total. The number of carbonyl (C=O) groups excluding carboxylic acids is 1. The summed E-state index contributed by atoms with van der Waals surface area (Å²) in [5.41, 5.74) is 0.228. The van der Waals surface area contributed by atoms with Gasteiger partial charge in [0.05, 0.1) is 0 Å². The topological polar surface area (TPSA) is 38.8 Å². The number of carbonyl (C=O) groups is 1. The SMILES string of the molecule is CC(C)(C)OC(=O)C[C](=[Cr])N1[C@@H](c2ccccc2)COC1(C)C. The molecule has 0 bridgehead atoms. The van der Waals surface area contributed by atoms with E-state index in [1.54, 1.807) is 0 Å². The second-order valence-corrected chi connectivity index (χ2v) is 7.95. The number of nitrogens with zero attached hydrogens (tertiary/aromatic N) is 1. The molecule has 1 aromatic carbocycles. The van der Waals surface area contributed by atoms with Crippen LogP contribution in [0.2, 0.25) is 0 Å². The van der Waals surface area contributed by atoms with Crippen LogP contribution in [0.25, 0.3) is 0 Å². The number of esters is 1. The molecule has 0 aliphatic carbocycles. The van der Waals surface area contributed by atoms with Crippen molar-refractivity contribution in [3.05, 3.63) is 35.9 Å². The molecule has 1 aliphatic heterocycles. The Bertz CT molecular complexity index is 578. The summed E-state index contributed by atoms with van der Waals surface area (Å²) in [6.07, 6.45) is 0.216. The zero-order valence-electron chi connectivity index (χ0n) is 14.5. The maximum absolute atomic E-state index is 12.1. The van der Waals surface area contributed by atoms with Gasteiger partial charge in [-0.25, -0.2) is 0 Å². The Morgan fingerprint density at radius 3 is 2.52 bits per heavy atom. The van der Waals surface area contributed by atoms with Crippen LogP contribution in [0, 0.1) is 0 Å². The van der Waals surface area contributed by atoms with E-state index in [4.69, 9.17) is 9.47 Å². The minimum absolute atomic E-state index is 0.0879. The first-order valence-corrected chi connectivity index (χ1v) is 8.47. The Labute approximate surface area is 146 Å². The van der Waals surface area contributed by atoms with Gasteiger partial charge in [0.25, 0.3) is 0 Å². The molecule has 0 aromatic heterocycles. The van der Waals surface area contributed by atoms with Gasteiger partial charge in [0.2, 0.25) is 0 Å². The van der Waals surface area contributed by atoms with Crippen LogP contribution in [0.1, 0.15) is 52.6 Å². The molecule has 1 fully saturated rings. The average Bonchev–Trinajstić information content (AvgIpc) is 2.73. The molecule has 5 heteroatoms. The number of hydrogen-bond acceptors (Lipinski definition) is 4. The Morgan fingerprint density at radius 1 is 1.35 bits per heavy atom. The van der Waals surface area contributed by atoms with Crippen molar-refractivity contribution in [1.29, 1.82) is 0 Å². The summed E-state index contributed by atoms with van der Waals surface area (Å²) in [6, 6.07) is 10.3. The van der Waals surface area contributed by atoms with Crippen molar-refractivity contribution < 1.29 is 30.1 Å². The Balaban J connectivity index is 2.16. The van der Waals surface area contributed by atoms with Gasteiger partial charge < -0.3 is 0 Å². The predicted molar refractivity (Wildman–Crippen MR) is 86.5 cm³/mol. The third-order valence-electron chi connectivity index (χ3n) is 3.65. The van der Waals surface area contributed by atoms with E-state index in [-0.39, 0.29) is 18.4 Å². The van der Waals surface area contributed by atoms with E-state index in [1.165, 1.54) is 5.56 Å². The van der Waals surface area contributed by atoms with Gasteiger partial charge in [-0.15, -0.1) is 0 Å². The maximum atomic E-state index is 12.1. The van der Waals surface area contributed by atoms with Crippen LogP contribution in [0.5, 0.6) is 0 Å². The standard InChI is InChI=1S/C18H25NO3.Cr/c1-17(2,3)22-16(20)11-12-19-15(13-21-18(19,4)5)14-9-7-6-8-10-14;/h6-10,15H,11,13H2,1-5H3;/t15-;/m1./s1. The summed E-state index contributed by atoms with van der Waals surface area (Å²) < 4.78 is 12.2. The third-order valence-corrected chi connectivity index (χ3v) is 4.19. The summed E-state index contributed by atoms with van der Waals surface area (Å²) >= 11 is 3.05. The molecule has 23 heavy (non-hydrogen) atoms. The van der Waals surface area contributed by atoms with Crippen LogP contribution >= 0.6 is 0 Å². The molecule has 2 rings (SSSR count). The monoisotopic (exact) mass is 355 g/mol. The summed E-state index contributed by atoms with van der Waals surface area (Å²) in [7, 11) is 0. The van der Waals surface area contributed by atoms with Crippen molar-refractivity contribution >= 4 is 10.5 Å². The van der Waals surface area contributed by atoms with Gasteiger partial charge in [-0.2, -0.15) is 0 Å². The molecule has 0 radical (unpaired) electrons. The molecule has 1 aliphatic rings. The van der Waals surface area contributed by atoms with Crippen LogP contribution < -0.4 is 0 Å². The summed E-state index contributed by atoms with van der Waals surface area (Å²) in [6.45, 7) is 10.3. The van der Waals surface area contributed by atoms with Crippen LogP contribution in [-0.4, -0.2) is 33.3 Å². The molecule has 0 N–H and O–H groups in total. The van der Waals surface area contributed by atoms with Gasteiger partial charge >= 0.3 is 146 Å². The second kappa shape index (κ2) is 6.86. The van der Waals surface area contributed by atoms with E-state index >= 15 is 0 Å². The van der Waals surface area contributed by atoms with Crippen molar-refractivity contribution in [2.45, 2.75) is 58.4 Å². The number of rotatable bonds is 4.